The van der Waals surface area contributed by atoms with Gasteiger partial charge in [-0.3, -0.25) is 4.79 Å². The number of nitrogens with one attached hydrogen (secondary N) is 1. The number of benzene rings is 1. The van der Waals surface area contributed by atoms with Crippen LogP contribution in [-0.4, -0.2) is 19.7 Å². The predicted molar refractivity (Wildman–Crippen MR) is 85.4 cm³/mol. The van der Waals surface area contributed by atoms with Crippen molar-refractivity contribution in [3.8, 4) is 17.0 Å². The molecule has 2 aromatic heterocycles. The van der Waals surface area contributed by atoms with Crippen molar-refractivity contribution in [3.05, 3.63) is 48.9 Å². The summed E-state index contributed by atoms with van der Waals surface area (Å²) in [6.45, 7) is 1.81. The molecule has 2 heterocycles. The molecule has 0 amide bonds. The average Bonchev–Trinajstić information content (AvgIpc) is 2.67. The number of hydrogen-bond donors (Lipinski definition) is 2. The third-order valence-corrected chi connectivity index (χ3v) is 4.51. The molecule has 0 aliphatic carbocycles. The van der Waals surface area contributed by atoms with Crippen LogP contribution >= 0.6 is 34.2 Å². The van der Waals surface area contributed by atoms with Gasteiger partial charge < -0.3 is 10.1 Å². The van der Waals surface area contributed by atoms with E-state index in [-0.39, 0.29) is 17.0 Å². The number of aryl methyl sites for hydroxylation is 1. The van der Waals surface area contributed by atoms with Gasteiger partial charge in [0.05, 0.1) is 9.26 Å². The van der Waals surface area contributed by atoms with E-state index in [0.717, 1.165) is 9.26 Å². The van der Waals surface area contributed by atoms with Gasteiger partial charge in [0, 0.05) is 5.02 Å². The van der Waals surface area contributed by atoms with Crippen molar-refractivity contribution in [1.82, 2.24) is 14.6 Å². The number of H-pyrrole nitrogens is 1. The zero-order valence-electron chi connectivity index (χ0n) is 10.3. The van der Waals surface area contributed by atoms with Crippen LogP contribution in [0, 0.1) is 10.5 Å². The van der Waals surface area contributed by atoms with Gasteiger partial charge in [0.15, 0.2) is 5.65 Å². The lowest BCUT2D eigenvalue weighted by molar-refractivity contribution is 0.436. The summed E-state index contributed by atoms with van der Waals surface area (Å²) in [5.74, 6) is -0.197. The van der Waals surface area contributed by atoms with Gasteiger partial charge in [0.25, 0.3) is 5.56 Å². The number of aromatic hydroxyl groups is 1. The van der Waals surface area contributed by atoms with Gasteiger partial charge in [-0.2, -0.15) is 9.61 Å². The summed E-state index contributed by atoms with van der Waals surface area (Å²) in [5, 5.41) is 15.1. The second kappa shape index (κ2) is 4.78. The zero-order chi connectivity index (χ0) is 14.4. The normalized spacial score (nSPS) is 11.2. The van der Waals surface area contributed by atoms with Gasteiger partial charge >= 0.3 is 0 Å². The molecule has 3 rings (SSSR count). The van der Waals surface area contributed by atoms with Crippen LogP contribution in [0.4, 0.5) is 0 Å². The van der Waals surface area contributed by atoms with E-state index in [1.165, 1.54) is 4.52 Å². The molecule has 1 aromatic carbocycles. The summed E-state index contributed by atoms with van der Waals surface area (Å²) in [5.41, 5.74) is 1.53. The maximum atomic E-state index is 12.2. The van der Waals surface area contributed by atoms with Gasteiger partial charge in [-0.25, -0.2) is 0 Å². The summed E-state index contributed by atoms with van der Waals surface area (Å²) in [6, 6.07) is 6.76. The smallest absolute Gasteiger partial charge is 0.262 e. The lowest BCUT2D eigenvalue weighted by atomic mass is 10.1. The number of rotatable bonds is 1. The Morgan fingerprint density at radius 3 is 2.90 bits per heavy atom. The van der Waals surface area contributed by atoms with Gasteiger partial charge in [-0.15, -0.1) is 0 Å². The number of halogens is 2. The minimum absolute atomic E-state index is 0.152. The summed E-state index contributed by atoms with van der Waals surface area (Å²) < 4.78 is 2.13. The van der Waals surface area contributed by atoms with Crippen LogP contribution < -0.4 is 5.56 Å². The molecule has 0 bridgehead atoms. The Labute approximate surface area is 132 Å². The molecule has 5 nitrogen and oxygen atoms in total. The number of fused-ring (bicyclic) bond motifs is 1. The highest BCUT2D eigenvalue weighted by molar-refractivity contribution is 14.1. The van der Waals surface area contributed by atoms with E-state index in [4.69, 9.17) is 11.6 Å². The fourth-order valence-electron chi connectivity index (χ4n) is 2.05. The third-order valence-electron chi connectivity index (χ3n) is 2.98. The quantitative estimate of drug-likeness (QED) is 0.616. The molecule has 2 N–H and O–H groups in total. The minimum atomic E-state index is -0.380. The van der Waals surface area contributed by atoms with Gasteiger partial charge in [-0.05, 0) is 47.2 Å². The van der Waals surface area contributed by atoms with Gasteiger partial charge in [0.1, 0.15) is 5.56 Å². The van der Waals surface area contributed by atoms with Crippen molar-refractivity contribution in [2.75, 3.05) is 0 Å². The minimum Gasteiger partial charge on any atom is -0.493 e. The molecule has 20 heavy (non-hydrogen) atoms. The molecule has 0 unspecified atom stereocenters. The van der Waals surface area contributed by atoms with Crippen LogP contribution in [0.5, 0.6) is 5.88 Å². The molecular formula is C13H9ClIN3O2. The average molecular weight is 402 g/mol. The molecule has 0 radical (unpaired) electrons. The molecule has 0 fully saturated rings. The van der Waals surface area contributed by atoms with E-state index in [9.17, 15) is 9.90 Å². The Bertz CT molecular complexity index is 885. The molecular weight excluding hydrogens is 393 g/mol. The molecule has 0 atom stereocenters. The molecule has 0 aliphatic rings. The Morgan fingerprint density at radius 1 is 1.45 bits per heavy atom. The van der Waals surface area contributed by atoms with E-state index >= 15 is 0 Å². The van der Waals surface area contributed by atoms with Crippen molar-refractivity contribution >= 4 is 39.8 Å². The molecule has 0 saturated carbocycles. The standard InChI is InChI=1S/C13H9ClIN3O2/c1-6-10(15)11-16-12(19)9(13(20)18(11)17-6)7-3-2-4-8(14)5-7/h2-5,20H,1H3,(H,16,19). The highest BCUT2D eigenvalue weighted by atomic mass is 127. The lowest BCUT2D eigenvalue weighted by Gasteiger charge is -2.06. The highest BCUT2D eigenvalue weighted by Gasteiger charge is 2.18. The molecule has 7 heteroatoms. The molecule has 3 aromatic rings. The Kier molecular flexibility index (Phi) is 3.21. The monoisotopic (exact) mass is 401 g/mol. The third kappa shape index (κ3) is 1.99. The summed E-state index contributed by atoms with van der Waals surface area (Å²) in [4.78, 5) is 15.0. The summed E-state index contributed by atoms with van der Waals surface area (Å²) >= 11 is 8.01. The zero-order valence-corrected chi connectivity index (χ0v) is 13.2. The van der Waals surface area contributed by atoms with Crippen molar-refractivity contribution in [2.24, 2.45) is 0 Å². The number of hydrogen-bond acceptors (Lipinski definition) is 3. The van der Waals surface area contributed by atoms with Crippen LogP contribution in [0.15, 0.2) is 29.1 Å². The molecule has 0 aliphatic heterocycles. The second-order valence-electron chi connectivity index (χ2n) is 4.32. The van der Waals surface area contributed by atoms with E-state index in [1.54, 1.807) is 24.3 Å². The van der Waals surface area contributed by atoms with Crippen molar-refractivity contribution < 1.29 is 5.11 Å². The first-order valence-corrected chi connectivity index (χ1v) is 7.20. The topological polar surface area (TPSA) is 70.4 Å². The van der Waals surface area contributed by atoms with Gasteiger partial charge in [-0.1, -0.05) is 23.7 Å². The van der Waals surface area contributed by atoms with Crippen LogP contribution in [0.2, 0.25) is 5.02 Å². The van der Waals surface area contributed by atoms with E-state index in [2.05, 4.69) is 32.7 Å². The number of nitrogens with zero attached hydrogens (tertiary/aromatic N) is 2. The first-order valence-electron chi connectivity index (χ1n) is 5.75. The number of aromatic amines is 1. The Hall–Kier alpha value is -1.54. The molecule has 0 spiro atoms. The van der Waals surface area contributed by atoms with Crippen molar-refractivity contribution in [2.45, 2.75) is 6.92 Å². The maximum absolute atomic E-state index is 12.2. The highest BCUT2D eigenvalue weighted by Crippen LogP contribution is 2.29. The SMILES string of the molecule is Cc1nn2c(O)c(-c3cccc(Cl)c3)c(=O)[nH]c2c1I. The first-order chi connectivity index (χ1) is 9.49. The van der Waals surface area contributed by atoms with Crippen molar-refractivity contribution in [1.29, 1.82) is 0 Å². The molecule has 102 valence electrons. The lowest BCUT2D eigenvalue weighted by Crippen LogP contribution is -2.12. The fraction of sp³-hybridized carbons (Fsp3) is 0.0769. The molecule has 0 saturated heterocycles. The van der Waals surface area contributed by atoms with Crippen LogP contribution in [-0.2, 0) is 0 Å². The Balaban J connectivity index is 2.40. The second-order valence-corrected chi connectivity index (χ2v) is 5.84. The summed E-state index contributed by atoms with van der Waals surface area (Å²) in [7, 11) is 0. The van der Waals surface area contributed by atoms with E-state index in [1.807, 2.05) is 6.92 Å². The van der Waals surface area contributed by atoms with Crippen molar-refractivity contribution in [3.63, 3.8) is 0 Å². The van der Waals surface area contributed by atoms with Crippen LogP contribution in [0.25, 0.3) is 16.8 Å². The van der Waals surface area contributed by atoms with Gasteiger partial charge in [0.2, 0.25) is 5.88 Å². The largest absolute Gasteiger partial charge is 0.493 e. The van der Waals surface area contributed by atoms with E-state index < -0.39 is 0 Å². The van der Waals surface area contributed by atoms with E-state index in [0.29, 0.717) is 16.2 Å². The maximum Gasteiger partial charge on any atom is 0.262 e. The Morgan fingerprint density at radius 2 is 2.20 bits per heavy atom. The van der Waals surface area contributed by atoms with Crippen LogP contribution in [0.1, 0.15) is 5.69 Å². The van der Waals surface area contributed by atoms with Crippen LogP contribution in [0.3, 0.4) is 0 Å². The summed E-state index contributed by atoms with van der Waals surface area (Å²) in [6.07, 6.45) is 0. The first kappa shape index (κ1) is 13.4. The number of aromatic nitrogens is 3. The predicted octanol–water partition coefficient (Wildman–Crippen LogP) is 2.96. The fourth-order valence-corrected chi connectivity index (χ4v) is 2.71.